The van der Waals surface area contributed by atoms with Gasteiger partial charge in [0.15, 0.2) is 0 Å². The lowest BCUT2D eigenvalue weighted by atomic mass is 10.0. The summed E-state index contributed by atoms with van der Waals surface area (Å²) in [7, 11) is 2.11. The van der Waals surface area contributed by atoms with E-state index < -0.39 is 96.5 Å². The molecule has 0 saturated carbocycles. The Bertz CT molecular complexity index is 1650. The van der Waals surface area contributed by atoms with Crippen LogP contribution < -0.4 is 49.1 Å². The standard InChI is InChI=1S/C32H46N10O8S2/c1-15(2)8-21(27(35)45)40-32(50)24-14-52-51-13-23(41-29(47)19(33)9-17-11-36-20-7-5-4-6-18(17)20)31(49)38-16(3)28(46)37-12-26(44)39-22(10-25(34)43)30(48)42-24/h4-7,11,15-16,19,21-24,36H,8-10,12-14,33H2,1-3H3,(H2,34,43)(H2,35,45)(H,37,46)(H,38,49)(H,39,44)(H,40,50)(H,41,47)(H,42,48)/t16-,19-,21-,22+,23-,24-/m0/s1. The van der Waals surface area contributed by atoms with Crippen LogP contribution in [0.4, 0.5) is 0 Å². The summed E-state index contributed by atoms with van der Waals surface area (Å²) < 4.78 is 0. The van der Waals surface area contributed by atoms with Gasteiger partial charge in [0.05, 0.1) is 19.0 Å². The number of nitrogens with two attached hydrogens (primary N) is 3. The molecule has 52 heavy (non-hydrogen) atoms. The van der Waals surface area contributed by atoms with Crippen molar-refractivity contribution in [2.45, 2.75) is 76.3 Å². The normalized spacial score (nSPS) is 22.2. The third-order valence-corrected chi connectivity index (χ3v) is 10.3. The monoisotopic (exact) mass is 762 g/mol. The average Bonchev–Trinajstić information content (AvgIpc) is 3.48. The Labute approximate surface area is 307 Å². The number of para-hydroxylation sites is 1. The van der Waals surface area contributed by atoms with E-state index in [-0.39, 0.29) is 30.3 Å². The van der Waals surface area contributed by atoms with Crippen LogP contribution in [0.5, 0.6) is 0 Å². The molecule has 0 bridgehead atoms. The largest absolute Gasteiger partial charge is 0.370 e. The highest BCUT2D eigenvalue weighted by atomic mass is 33.1. The number of amides is 8. The first-order valence-electron chi connectivity index (χ1n) is 16.5. The maximum absolute atomic E-state index is 13.4. The fraction of sp³-hybridized carbons (Fsp3) is 0.500. The van der Waals surface area contributed by atoms with Crippen LogP contribution in [0, 0.1) is 5.92 Å². The number of aromatic nitrogens is 1. The minimum Gasteiger partial charge on any atom is -0.370 e. The lowest BCUT2D eigenvalue weighted by Gasteiger charge is -2.25. The third-order valence-electron chi connectivity index (χ3n) is 7.87. The number of carbonyl (C=O) groups excluding carboxylic acids is 8. The van der Waals surface area contributed by atoms with Gasteiger partial charge in [0.1, 0.15) is 30.2 Å². The van der Waals surface area contributed by atoms with Crippen LogP contribution in [0.2, 0.25) is 0 Å². The Hall–Kier alpha value is -4.82. The Morgan fingerprint density at radius 3 is 2.31 bits per heavy atom. The van der Waals surface area contributed by atoms with Gasteiger partial charge in [-0.2, -0.15) is 0 Å². The molecule has 20 heteroatoms. The van der Waals surface area contributed by atoms with Gasteiger partial charge in [-0.25, -0.2) is 0 Å². The minimum absolute atomic E-state index is 0.0226. The molecule has 3 rings (SSSR count). The van der Waals surface area contributed by atoms with E-state index >= 15 is 0 Å². The maximum Gasteiger partial charge on any atom is 0.244 e. The van der Waals surface area contributed by atoms with E-state index in [1.165, 1.54) is 6.92 Å². The van der Waals surface area contributed by atoms with Crippen LogP contribution in [0.3, 0.4) is 0 Å². The number of H-pyrrole nitrogens is 1. The molecular weight excluding hydrogens is 717 g/mol. The molecule has 1 fully saturated rings. The second kappa shape index (κ2) is 19.7. The molecular formula is C32H46N10O8S2. The van der Waals surface area contributed by atoms with Gasteiger partial charge in [-0.1, -0.05) is 53.6 Å². The molecule has 1 aliphatic heterocycles. The van der Waals surface area contributed by atoms with Crippen molar-refractivity contribution in [3.05, 3.63) is 36.0 Å². The quantitative estimate of drug-likeness (QED) is 0.106. The summed E-state index contributed by atoms with van der Waals surface area (Å²) in [6.07, 6.45) is 1.49. The van der Waals surface area contributed by atoms with E-state index in [1.807, 2.05) is 38.1 Å². The van der Waals surface area contributed by atoms with Gasteiger partial charge in [-0.3, -0.25) is 38.4 Å². The van der Waals surface area contributed by atoms with Crippen molar-refractivity contribution in [3.8, 4) is 0 Å². The summed E-state index contributed by atoms with van der Waals surface area (Å²) in [6, 6.07) is 0.180. The summed E-state index contributed by atoms with van der Waals surface area (Å²) in [5.74, 6) is -6.65. The molecule has 1 aromatic heterocycles. The van der Waals surface area contributed by atoms with Crippen LogP contribution in [-0.2, 0) is 44.8 Å². The molecule has 0 aliphatic carbocycles. The number of rotatable bonds is 11. The molecule has 2 heterocycles. The molecule has 0 radical (unpaired) electrons. The second-order valence-electron chi connectivity index (χ2n) is 12.7. The fourth-order valence-electron chi connectivity index (χ4n) is 5.13. The SMILES string of the molecule is CC(C)C[C@H](NC(=O)[C@@H]1CSSC[C@H](NC(=O)[C@@H](N)Cc2c[nH]c3ccccc23)C(=O)N[C@@H](C)C(=O)NCC(=O)N[C@H](CC(N)=O)C(=O)N1)C(N)=O. The zero-order chi connectivity index (χ0) is 38.5. The van der Waals surface area contributed by atoms with E-state index in [1.54, 1.807) is 6.20 Å². The number of benzene rings is 1. The van der Waals surface area contributed by atoms with Crippen LogP contribution >= 0.6 is 21.6 Å². The number of nitrogens with one attached hydrogen (secondary N) is 7. The molecule has 284 valence electrons. The number of primary amides is 2. The van der Waals surface area contributed by atoms with E-state index in [2.05, 4.69) is 36.9 Å². The highest BCUT2D eigenvalue weighted by Crippen LogP contribution is 2.24. The van der Waals surface area contributed by atoms with Crippen molar-refractivity contribution < 1.29 is 38.4 Å². The van der Waals surface area contributed by atoms with Crippen molar-refractivity contribution in [1.82, 2.24) is 36.9 Å². The predicted molar refractivity (Wildman–Crippen MR) is 196 cm³/mol. The first-order valence-corrected chi connectivity index (χ1v) is 19.0. The highest BCUT2D eigenvalue weighted by Gasteiger charge is 2.32. The number of fused-ring (bicyclic) bond motifs is 1. The van der Waals surface area contributed by atoms with Gasteiger partial charge in [-0.15, -0.1) is 0 Å². The van der Waals surface area contributed by atoms with Crippen LogP contribution in [0.15, 0.2) is 30.5 Å². The minimum atomic E-state index is -1.52. The summed E-state index contributed by atoms with van der Waals surface area (Å²) in [5, 5.41) is 15.7. The predicted octanol–water partition coefficient (Wildman–Crippen LogP) is -2.60. The van der Waals surface area contributed by atoms with E-state index in [4.69, 9.17) is 17.2 Å². The summed E-state index contributed by atoms with van der Waals surface area (Å²) in [4.78, 5) is 106. The van der Waals surface area contributed by atoms with Crippen molar-refractivity contribution in [2.24, 2.45) is 23.1 Å². The van der Waals surface area contributed by atoms with Gasteiger partial charge in [0.2, 0.25) is 47.3 Å². The first-order chi connectivity index (χ1) is 24.5. The highest BCUT2D eigenvalue weighted by molar-refractivity contribution is 8.76. The summed E-state index contributed by atoms with van der Waals surface area (Å²) >= 11 is 0. The van der Waals surface area contributed by atoms with Crippen molar-refractivity contribution >= 4 is 79.7 Å². The van der Waals surface area contributed by atoms with Crippen molar-refractivity contribution in [3.63, 3.8) is 0 Å². The van der Waals surface area contributed by atoms with Crippen LogP contribution in [0.1, 0.15) is 39.2 Å². The smallest absolute Gasteiger partial charge is 0.244 e. The molecule has 18 nitrogen and oxygen atoms in total. The van der Waals surface area contributed by atoms with Gasteiger partial charge in [0, 0.05) is 28.6 Å². The Kier molecular flexibility index (Phi) is 15.8. The molecule has 0 spiro atoms. The Morgan fingerprint density at radius 2 is 1.63 bits per heavy atom. The summed E-state index contributed by atoms with van der Waals surface area (Å²) in [6.45, 7) is 4.38. The average molecular weight is 763 g/mol. The zero-order valence-corrected chi connectivity index (χ0v) is 30.6. The molecule has 6 atom stereocenters. The van der Waals surface area contributed by atoms with Gasteiger partial charge < -0.3 is 54.1 Å². The lowest BCUT2D eigenvalue weighted by Crippen LogP contribution is -2.58. The number of hydrogen-bond acceptors (Lipinski definition) is 11. The van der Waals surface area contributed by atoms with Gasteiger partial charge >= 0.3 is 0 Å². The molecule has 1 aromatic carbocycles. The third kappa shape index (κ3) is 12.7. The van der Waals surface area contributed by atoms with E-state index in [9.17, 15) is 38.4 Å². The molecule has 1 saturated heterocycles. The number of carbonyl (C=O) groups is 8. The molecule has 8 amide bonds. The molecule has 0 unspecified atom stereocenters. The van der Waals surface area contributed by atoms with Crippen LogP contribution in [-0.4, -0.2) is 107 Å². The first kappa shape index (κ1) is 41.6. The Balaban J connectivity index is 1.84. The maximum atomic E-state index is 13.4. The van der Waals surface area contributed by atoms with Crippen molar-refractivity contribution in [1.29, 1.82) is 0 Å². The second-order valence-corrected chi connectivity index (χ2v) is 15.2. The topological polar surface area (TPSA) is 303 Å². The molecule has 13 N–H and O–H groups in total. The van der Waals surface area contributed by atoms with E-state index in [0.717, 1.165) is 38.1 Å². The van der Waals surface area contributed by atoms with Gasteiger partial charge in [0.25, 0.3) is 0 Å². The van der Waals surface area contributed by atoms with Crippen molar-refractivity contribution in [2.75, 3.05) is 18.1 Å². The fourth-order valence-corrected chi connectivity index (χ4v) is 7.45. The van der Waals surface area contributed by atoms with Gasteiger partial charge in [-0.05, 0) is 37.3 Å². The number of hydrogen-bond donors (Lipinski definition) is 10. The lowest BCUT2D eigenvalue weighted by molar-refractivity contribution is -0.134. The Morgan fingerprint density at radius 1 is 0.942 bits per heavy atom. The number of aromatic amines is 1. The zero-order valence-electron chi connectivity index (χ0n) is 29.0. The van der Waals surface area contributed by atoms with Crippen LogP contribution in [0.25, 0.3) is 10.9 Å². The van der Waals surface area contributed by atoms with E-state index in [0.29, 0.717) is 0 Å². The summed E-state index contributed by atoms with van der Waals surface area (Å²) in [5.41, 5.74) is 18.7. The molecule has 2 aromatic rings. The molecule has 1 aliphatic rings.